The first-order chi connectivity index (χ1) is 17.2. The third kappa shape index (κ3) is 9.46. The van der Waals surface area contributed by atoms with E-state index in [0.29, 0.717) is 5.69 Å². The van der Waals surface area contributed by atoms with Gasteiger partial charge in [-0.15, -0.1) is 5.53 Å². The zero-order valence-corrected chi connectivity index (χ0v) is 21.6. The molecule has 4 amide bonds. The molecule has 0 aromatic heterocycles. The van der Waals surface area contributed by atoms with Crippen LogP contribution in [0.1, 0.15) is 50.3 Å². The summed E-state index contributed by atoms with van der Waals surface area (Å²) in [6.45, 7) is 9.96. The number of imide groups is 1. The number of esters is 1. The van der Waals surface area contributed by atoms with Crippen LogP contribution in [0.5, 0.6) is 5.75 Å². The highest BCUT2D eigenvalue weighted by molar-refractivity contribution is 5.93. The van der Waals surface area contributed by atoms with E-state index in [1.165, 1.54) is 0 Å². The number of amides is 4. The number of anilines is 1. The average molecular weight is 500 g/mol. The van der Waals surface area contributed by atoms with Gasteiger partial charge in [0.1, 0.15) is 5.75 Å². The molecule has 0 unspecified atom stereocenters. The molecule has 2 aromatic rings. The van der Waals surface area contributed by atoms with Gasteiger partial charge in [-0.1, -0.05) is 36.8 Å². The highest BCUT2D eigenvalue weighted by atomic mass is 16.5. The summed E-state index contributed by atoms with van der Waals surface area (Å²) in [5, 5.41) is 2.71. The SMILES string of the molecule is CCOC(=O)CCN(C(=O)NCc1ccc(C)cc1)C(=O)NNNc1ccc(O[C@H](C)CC)c(C)c1. The van der Waals surface area contributed by atoms with Gasteiger partial charge in [0.05, 0.1) is 24.8 Å². The van der Waals surface area contributed by atoms with Gasteiger partial charge in [0, 0.05) is 13.1 Å². The molecule has 0 radical (unpaired) electrons. The number of hydrogen-bond acceptors (Lipinski definition) is 7. The van der Waals surface area contributed by atoms with E-state index in [0.717, 1.165) is 33.8 Å². The zero-order chi connectivity index (χ0) is 26.5. The Morgan fingerprint density at radius 2 is 1.72 bits per heavy atom. The maximum Gasteiger partial charge on any atom is 0.341 e. The largest absolute Gasteiger partial charge is 0.490 e. The molecule has 36 heavy (non-hydrogen) atoms. The lowest BCUT2D eigenvalue weighted by Gasteiger charge is -2.22. The number of nitrogens with zero attached hydrogens (tertiary/aromatic N) is 1. The highest BCUT2D eigenvalue weighted by Gasteiger charge is 2.22. The van der Waals surface area contributed by atoms with Gasteiger partial charge in [-0.05, 0) is 63.4 Å². The monoisotopic (exact) mass is 499 g/mol. The number of hydrazine groups is 2. The minimum Gasteiger partial charge on any atom is -0.490 e. The van der Waals surface area contributed by atoms with Crippen LogP contribution in [0.3, 0.4) is 0 Å². The number of aryl methyl sites for hydroxylation is 2. The van der Waals surface area contributed by atoms with Crippen molar-refractivity contribution in [3.63, 3.8) is 0 Å². The van der Waals surface area contributed by atoms with Crippen molar-refractivity contribution in [2.24, 2.45) is 0 Å². The van der Waals surface area contributed by atoms with Crippen LogP contribution in [0.25, 0.3) is 0 Å². The molecule has 0 saturated heterocycles. The van der Waals surface area contributed by atoms with Gasteiger partial charge in [0.25, 0.3) is 0 Å². The van der Waals surface area contributed by atoms with E-state index >= 15 is 0 Å². The molecule has 0 saturated carbocycles. The zero-order valence-electron chi connectivity index (χ0n) is 21.6. The van der Waals surface area contributed by atoms with E-state index in [1.54, 1.807) is 13.0 Å². The first-order valence-electron chi connectivity index (χ1n) is 12.1. The summed E-state index contributed by atoms with van der Waals surface area (Å²) in [6.07, 6.45) is 0.888. The highest BCUT2D eigenvalue weighted by Crippen LogP contribution is 2.23. The standard InChI is InChI=1S/C26H37N5O5/c1-6-20(5)36-23-13-12-22(16-19(23)4)28-30-29-26(34)31(15-14-24(32)35-7-2)25(33)27-17-21-10-8-18(3)9-11-21/h8-13,16,20,28,30H,6-7,14-15,17H2,1-5H3,(H,27,33)(H,29,34)/t20-/m1/s1. The molecule has 0 heterocycles. The molecule has 0 spiro atoms. The molecule has 196 valence electrons. The van der Waals surface area contributed by atoms with Crippen molar-refractivity contribution in [2.45, 2.75) is 60.1 Å². The van der Waals surface area contributed by atoms with E-state index in [2.05, 4.69) is 28.6 Å². The number of nitrogens with one attached hydrogen (secondary N) is 4. The number of ether oxygens (including phenoxy) is 2. The molecule has 0 aliphatic heterocycles. The van der Waals surface area contributed by atoms with Crippen molar-refractivity contribution in [3.8, 4) is 5.75 Å². The molecule has 4 N–H and O–H groups in total. The van der Waals surface area contributed by atoms with Crippen LogP contribution in [0.4, 0.5) is 15.3 Å². The summed E-state index contributed by atoms with van der Waals surface area (Å²) in [4.78, 5) is 38.2. The number of benzene rings is 2. The van der Waals surface area contributed by atoms with E-state index in [9.17, 15) is 14.4 Å². The quantitative estimate of drug-likeness (QED) is 0.255. The second kappa shape index (κ2) is 14.6. The molecule has 0 fully saturated rings. The van der Waals surface area contributed by atoms with Gasteiger partial charge in [-0.25, -0.2) is 14.5 Å². The van der Waals surface area contributed by atoms with Crippen molar-refractivity contribution < 1.29 is 23.9 Å². The second-order valence-corrected chi connectivity index (χ2v) is 8.35. The van der Waals surface area contributed by atoms with Gasteiger partial charge in [-0.2, -0.15) is 0 Å². The number of carbonyl (C=O) groups excluding carboxylic acids is 3. The second-order valence-electron chi connectivity index (χ2n) is 8.35. The molecule has 2 aromatic carbocycles. The fraction of sp³-hybridized carbons (Fsp3) is 0.423. The lowest BCUT2D eigenvalue weighted by Crippen LogP contribution is -2.53. The smallest absolute Gasteiger partial charge is 0.341 e. The van der Waals surface area contributed by atoms with E-state index in [4.69, 9.17) is 9.47 Å². The number of hydrogen-bond donors (Lipinski definition) is 4. The van der Waals surface area contributed by atoms with Crippen LogP contribution in [0.15, 0.2) is 42.5 Å². The Labute approximate surface area is 212 Å². The predicted molar refractivity (Wildman–Crippen MR) is 138 cm³/mol. The Hall–Kier alpha value is -3.79. The molecule has 0 bridgehead atoms. The van der Waals surface area contributed by atoms with Gasteiger partial charge < -0.3 is 20.2 Å². The lowest BCUT2D eigenvalue weighted by atomic mass is 10.1. The normalized spacial score (nSPS) is 11.2. The van der Waals surface area contributed by atoms with Crippen molar-refractivity contribution >= 4 is 23.7 Å². The van der Waals surface area contributed by atoms with Crippen LogP contribution < -0.4 is 26.4 Å². The molecule has 10 heteroatoms. The van der Waals surface area contributed by atoms with Gasteiger partial charge in [0.15, 0.2) is 0 Å². The average Bonchev–Trinajstić information content (AvgIpc) is 2.85. The fourth-order valence-electron chi connectivity index (χ4n) is 3.09. The Morgan fingerprint density at radius 1 is 1.00 bits per heavy atom. The van der Waals surface area contributed by atoms with Crippen LogP contribution in [-0.2, 0) is 16.1 Å². The van der Waals surface area contributed by atoms with Gasteiger partial charge >= 0.3 is 18.0 Å². The minimum absolute atomic E-state index is 0.109. The number of rotatable bonds is 12. The molecular formula is C26H37N5O5. The summed E-state index contributed by atoms with van der Waals surface area (Å²) in [5.41, 5.74) is 11.5. The Balaban J connectivity index is 1.95. The van der Waals surface area contributed by atoms with Crippen LogP contribution in [0.2, 0.25) is 0 Å². The van der Waals surface area contributed by atoms with Crippen molar-refractivity contribution in [1.82, 2.24) is 21.2 Å². The minimum atomic E-state index is -0.735. The molecule has 1 atom stereocenters. The molecule has 0 aliphatic carbocycles. The Bertz CT molecular complexity index is 1010. The third-order valence-electron chi connectivity index (χ3n) is 5.35. The summed E-state index contributed by atoms with van der Waals surface area (Å²) in [6, 6.07) is 11.8. The molecule has 2 rings (SSSR count). The van der Waals surface area contributed by atoms with E-state index in [1.807, 2.05) is 57.2 Å². The van der Waals surface area contributed by atoms with Crippen molar-refractivity contribution in [3.05, 3.63) is 59.2 Å². The molecule has 0 aliphatic rings. The van der Waals surface area contributed by atoms with E-state index < -0.39 is 18.0 Å². The topological polar surface area (TPSA) is 121 Å². The first-order valence-corrected chi connectivity index (χ1v) is 12.1. The first kappa shape index (κ1) is 28.4. The molecular weight excluding hydrogens is 462 g/mol. The number of carbonyl (C=O) groups is 3. The Kier molecular flexibility index (Phi) is 11.5. The Morgan fingerprint density at radius 3 is 2.36 bits per heavy atom. The number of urea groups is 2. The summed E-state index contributed by atoms with van der Waals surface area (Å²) in [5.74, 6) is 0.289. The van der Waals surface area contributed by atoms with Crippen LogP contribution in [-0.4, -0.2) is 42.2 Å². The van der Waals surface area contributed by atoms with Gasteiger partial charge in [-0.3, -0.25) is 10.2 Å². The maximum atomic E-state index is 12.8. The van der Waals surface area contributed by atoms with E-state index in [-0.39, 0.29) is 32.2 Å². The van der Waals surface area contributed by atoms with Gasteiger partial charge in [0.2, 0.25) is 0 Å². The van der Waals surface area contributed by atoms with Crippen LogP contribution in [0, 0.1) is 13.8 Å². The third-order valence-corrected chi connectivity index (χ3v) is 5.35. The molecule has 10 nitrogen and oxygen atoms in total. The fourth-order valence-corrected chi connectivity index (χ4v) is 3.09. The summed E-state index contributed by atoms with van der Waals surface area (Å²) in [7, 11) is 0. The van der Waals surface area contributed by atoms with Crippen LogP contribution >= 0.6 is 0 Å². The summed E-state index contributed by atoms with van der Waals surface area (Å²) >= 11 is 0. The van der Waals surface area contributed by atoms with Crippen molar-refractivity contribution in [1.29, 1.82) is 0 Å². The predicted octanol–water partition coefficient (Wildman–Crippen LogP) is 4.19. The summed E-state index contributed by atoms with van der Waals surface area (Å²) < 4.78 is 10.8. The van der Waals surface area contributed by atoms with Crippen molar-refractivity contribution in [2.75, 3.05) is 18.6 Å². The maximum absolute atomic E-state index is 12.8. The lowest BCUT2D eigenvalue weighted by molar-refractivity contribution is -0.143.